The first-order valence-electron chi connectivity index (χ1n) is 6.44. The second-order valence-corrected chi connectivity index (χ2v) is 5.15. The third-order valence-electron chi connectivity index (χ3n) is 3.82. The van der Waals surface area contributed by atoms with Gasteiger partial charge >= 0.3 is 0 Å². The summed E-state index contributed by atoms with van der Waals surface area (Å²) in [4.78, 5) is 14.2. The van der Waals surface area contributed by atoms with Gasteiger partial charge in [0, 0.05) is 32.8 Å². The van der Waals surface area contributed by atoms with Gasteiger partial charge in [0.25, 0.3) is 0 Å². The average molecular weight is 241 g/mol. The molecule has 2 heterocycles. The SMILES string of the molecule is CC1CNC(C(=O)N(C)C2CCOC2C)CN1. The molecule has 5 heteroatoms. The van der Waals surface area contributed by atoms with Crippen molar-refractivity contribution in [1.29, 1.82) is 0 Å². The van der Waals surface area contributed by atoms with Crippen molar-refractivity contribution in [2.45, 2.75) is 44.5 Å². The fourth-order valence-corrected chi connectivity index (χ4v) is 2.60. The van der Waals surface area contributed by atoms with Gasteiger partial charge in [-0.1, -0.05) is 0 Å². The Kier molecular flexibility index (Phi) is 4.01. The Morgan fingerprint density at radius 1 is 1.29 bits per heavy atom. The first kappa shape index (κ1) is 12.8. The molecular formula is C12H23N3O2. The standard InChI is InChI=1S/C12H23N3O2/c1-8-6-14-10(7-13-8)12(16)15(3)11-4-5-17-9(11)2/h8-11,13-14H,4-7H2,1-3H3. The van der Waals surface area contributed by atoms with Crippen LogP contribution in [0.1, 0.15) is 20.3 Å². The van der Waals surface area contributed by atoms with Crippen molar-refractivity contribution in [2.24, 2.45) is 0 Å². The zero-order chi connectivity index (χ0) is 12.4. The van der Waals surface area contributed by atoms with Crippen LogP contribution in [0.3, 0.4) is 0 Å². The number of nitrogens with one attached hydrogen (secondary N) is 2. The molecule has 4 atom stereocenters. The molecule has 0 aromatic heterocycles. The lowest BCUT2D eigenvalue weighted by atomic mass is 10.1. The van der Waals surface area contributed by atoms with Crippen LogP contribution in [-0.2, 0) is 9.53 Å². The Morgan fingerprint density at radius 3 is 2.59 bits per heavy atom. The lowest BCUT2D eigenvalue weighted by Crippen LogP contribution is -2.60. The summed E-state index contributed by atoms with van der Waals surface area (Å²) in [6.07, 6.45) is 1.10. The number of carbonyl (C=O) groups is 1. The number of amides is 1. The molecule has 2 aliphatic rings. The Bertz CT molecular complexity index is 277. The molecule has 2 saturated heterocycles. The molecule has 17 heavy (non-hydrogen) atoms. The quantitative estimate of drug-likeness (QED) is 0.689. The van der Waals surface area contributed by atoms with E-state index in [4.69, 9.17) is 4.74 Å². The number of likely N-dealkylation sites (N-methyl/N-ethyl adjacent to an activating group) is 1. The third-order valence-corrected chi connectivity index (χ3v) is 3.82. The van der Waals surface area contributed by atoms with Gasteiger partial charge in [-0.3, -0.25) is 4.79 Å². The van der Waals surface area contributed by atoms with Crippen LogP contribution < -0.4 is 10.6 Å². The minimum absolute atomic E-state index is 0.0935. The third kappa shape index (κ3) is 2.78. The van der Waals surface area contributed by atoms with Crippen molar-refractivity contribution in [3.63, 3.8) is 0 Å². The van der Waals surface area contributed by atoms with Crippen molar-refractivity contribution in [1.82, 2.24) is 15.5 Å². The van der Waals surface area contributed by atoms with E-state index < -0.39 is 0 Å². The minimum atomic E-state index is -0.0935. The molecule has 4 unspecified atom stereocenters. The maximum Gasteiger partial charge on any atom is 0.241 e. The van der Waals surface area contributed by atoms with Crippen LogP contribution in [-0.4, -0.2) is 61.8 Å². The normalized spacial score (nSPS) is 38.1. The lowest BCUT2D eigenvalue weighted by Gasteiger charge is -2.34. The summed E-state index contributed by atoms with van der Waals surface area (Å²) in [6.45, 7) is 6.48. The fourth-order valence-electron chi connectivity index (χ4n) is 2.60. The zero-order valence-electron chi connectivity index (χ0n) is 10.9. The summed E-state index contributed by atoms with van der Waals surface area (Å²) in [5.74, 6) is 0.173. The molecule has 0 spiro atoms. The van der Waals surface area contributed by atoms with Gasteiger partial charge in [0.05, 0.1) is 18.2 Å². The Morgan fingerprint density at radius 2 is 2.06 bits per heavy atom. The predicted octanol–water partition coefficient (Wildman–Crippen LogP) is -0.428. The maximum absolute atomic E-state index is 12.3. The molecule has 0 radical (unpaired) electrons. The number of hydrogen-bond donors (Lipinski definition) is 2. The van der Waals surface area contributed by atoms with Gasteiger partial charge in [-0.15, -0.1) is 0 Å². The second kappa shape index (κ2) is 5.33. The van der Waals surface area contributed by atoms with Crippen LogP contribution in [0, 0.1) is 0 Å². The molecule has 0 saturated carbocycles. The van der Waals surface area contributed by atoms with E-state index in [1.54, 1.807) is 0 Å². The Hall–Kier alpha value is -0.650. The topological polar surface area (TPSA) is 53.6 Å². The van der Waals surface area contributed by atoms with Gasteiger partial charge in [0.15, 0.2) is 0 Å². The maximum atomic E-state index is 12.3. The Balaban J connectivity index is 1.90. The van der Waals surface area contributed by atoms with Crippen molar-refractivity contribution in [3.05, 3.63) is 0 Å². The predicted molar refractivity (Wildman–Crippen MR) is 65.8 cm³/mol. The highest BCUT2D eigenvalue weighted by Crippen LogP contribution is 2.19. The number of carbonyl (C=O) groups excluding carboxylic acids is 1. The summed E-state index contributed by atoms with van der Waals surface area (Å²) in [7, 11) is 1.89. The summed E-state index contributed by atoms with van der Waals surface area (Å²) in [5, 5.41) is 6.62. The first-order valence-corrected chi connectivity index (χ1v) is 6.44. The van der Waals surface area contributed by atoms with E-state index >= 15 is 0 Å². The number of hydrogen-bond acceptors (Lipinski definition) is 4. The van der Waals surface area contributed by atoms with E-state index in [1.807, 2.05) is 18.9 Å². The second-order valence-electron chi connectivity index (χ2n) is 5.15. The number of nitrogens with zero attached hydrogens (tertiary/aromatic N) is 1. The largest absolute Gasteiger partial charge is 0.376 e. The number of ether oxygens (including phenoxy) is 1. The number of rotatable bonds is 2. The highest BCUT2D eigenvalue weighted by atomic mass is 16.5. The minimum Gasteiger partial charge on any atom is -0.376 e. The van der Waals surface area contributed by atoms with Crippen molar-refractivity contribution in [2.75, 3.05) is 26.7 Å². The van der Waals surface area contributed by atoms with Crippen LogP contribution in [0.2, 0.25) is 0 Å². The molecular weight excluding hydrogens is 218 g/mol. The van der Waals surface area contributed by atoms with E-state index in [0.717, 1.165) is 19.6 Å². The Labute approximate surface area is 103 Å². The monoisotopic (exact) mass is 241 g/mol. The van der Waals surface area contributed by atoms with Gasteiger partial charge in [-0.05, 0) is 20.3 Å². The smallest absolute Gasteiger partial charge is 0.241 e. The van der Waals surface area contributed by atoms with Gasteiger partial charge in [0.1, 0.15) is 0 Å². The molecule has 0 aliphatic carbocycles. The molecule has 98 valence electrons. The molecule has 0 bridgehead atoms. The zero-order valence-corrected chi connectivity index (χ0v) is 10.9. The fraction of sp³-hybridized carbons (Fsp3) is 0.917. The van der Waals surface area contributed by atoms with Crippen LogP contribution in [0.15, 0.2) is 0 Å². The summed E-state index contributed by atoms with van der Waals surface area (Å²) in [5.41, 5.74) is 0. The molecule has 0 aromatic rings. The van der Waals surface area contributed by atoms with Crippen LogP contribution in [0.25, 0.3) is 0 Å². The van der Waals surface area contributed by atoms with E-state index in [2.05, 4.69) is 17.6 Å². The molecule has 2 N–H and O–H groups in total. The molecule has 5 nitrogen and oxygen atoms in total. The van der Waals surface area contributed by atoms with E-state index in [1.165, 1.54) is 0 Å². The molecule has 0 aromatic carbocycles. The molecule has 1 amide bonds. The van der Waals surface area contributed by atoms with Crippen LogP contribution in [0.4, 0.5) is 0 Å². The summed E-state index contributed by atoms with van der Waals surface area (Å²) in [6, 6.07) is 0.575. The van der Waals surface area contributed by atoms with Gasteiger partial charge < -0.3 is 20.3 Å². The molecule has 2 fully saturated rings. The number of piperazine rings is 1. The van der Waals surface area contributed by atoms with E-state index in [9.17, 15) is 4.79 Å². The highest BCUT2D eigenvalue weighted by molar-refractivity contribution is 5.82. The van der Waals surface area contributed by atoms with E-state index in [-0.39, 0.29) is 24.1 Å². The van der Waals surface area contributed by atoms with E-state index in [0.29, 0.717) is 12.6 Å². The van der Waals surface area contributed by atoms with Crippen LogP contribution >= 0.6 is 0 Å². The van der Waals surface area contributed by atoms with Crippen molar-refractivity contribution >= 4 is 5.91 Å². The van der Waals surface area contributed by atoms with Gasteiger partial charge in [0.2, 0.25) is 5.91 Å². The molecule has 2 rings (SSSR count). The average Bonchev–Trinajstić information content (AvgIpc) is 2.74. The summed E-state index contributed by atoms with van der Waals surface area (Å²) >= 11 is 0. The van der Waals surface area contributed by atoms with Crippen molar-refractivity contribution < 1.29 is 9.53 Å². The van der Waals surface area contributed by atoms with Gasteiger partial charge in [-0.2, -0.15) is 0 Å². The molecule has 2 aliphatic heterocycles. The lowest BCUT2D eigenvalue weighted by molar-refractivity contribution is -0.135. The van der Waals surface area contributed by atoms with Crippen molar-refractivity contribution in [3.8, 4) is 0 Å². The van der Waals surface area contributed by atoms with Crippen LogP contribution in [0.5, 0.6) is 0 Å². The highest BCUT2D eigenvalue weighted by Gasteiger charge is 2.34. The van der Waals surface area contributed by atoms with Gasteiger partial charge in [-0.25, -0.2) is 0 Å². The first-order chi connectivity index (χ1) is 8.09. The summed E-state index contributed by atoms with van der Waals surface area (Å²) < 4.78 is 5.51.